The number of carbonyl (C=O) groups excluding carboxylic acids is 2. The second kappa shape index (κ2) is 11.8. The normalized spacial score (nSPS) is 14.7. The second-order valence-electron chi connectivity index (χ2n) is 8.72. The SMILES string of the molecule is CCC(C(=O)NC1CCCC1)N(Cc1ccc(Cl)cc1)C(=O)COc1cc(C)c(Cl)c(C)c1. The molecule has 5 nitrogen and oxygen atoms in total. The van der Waals surface area contributed by atoms with Gasteiger partial charge in [-0.2, -0.15) is 0 Å². The smallest absolute Gasteiger partial charge is 0.261 e. The van der Waals surface area contributed by atoms with E-state index in [1.54, 1.807) is 17.0 Å². The van der Waals surface area contributed by atoms with Crippen LogP contribution in [0.15, 0.2) is 36.4 Å². The Morgan fingerprint density at radius 2 is 1.70 bits per heavy atom. The van der Waals surface area contributed by atoms with Crippen molar-refractivity contribution >= 4 is 35.0 Å². The first-order valence-electron chi connectivity index (χ1n) is 11.5. The number of hydrogen-bond acceptors (Lipinski definition) is 3. The summed E-state index contributed by atoms with van der Waals surface area (Å²) in [5.41, 5.74) is 2.68. The fourth-order valence-electron chi connectivity index (χ4n) is 4.29. The molecule has 7 heteroatoms. The van der Waals surface area contributed by atoms with E-state index in [4.69, 9.17) is 27.9 Å². The molecule has 178 valence electrons. The van der Waals surface area contributed by atoms with E-state index in [0.717, 1.165) is 42.4 Å². The summed E-state index contributed by atoms with van der Waals surface area (Å²) in [7, 11) is 0. The average Bonchev–Trinajstić information content (AvgIpc) is 3.29. The van der Waals surface area contributed by atoms with Gasteiger partial charge in [0.2, 0.25) is 5.91 Å². The lowest BCUT2D eigenvalue weighted by atomic mass is 10.1. The van der Waals surface area contributed by atoms with Crippen LogP contribution in [0, 0.1) is 13.8 Å². The highest BCUT2D eigenvalue weighted by atomic mass is 35.5. The van der Waals surface area contributed by atoms with Crippen molar-refractivity contribution < 1.29 is 14.3 Å². The highest BCUT2D eigenvalue weighted by Gasteiger charge is 2.30. The number of hydrogen-bond donors (Lipinski definition) is 1. The maximum atomic E-state index is 13.3. The highest BCUT2D eigenvalue weighted by Crippen LogP contribution is 2.26. The first-order chi connectivity index (χ1) is 15.8. The van der Waals surface area contributed by atoms with Crippen molar-refractivity contribution in [2.75, 3.05) is 6.61 Å². The summed E-state index contributed by atoms with van der Waals surface area (Å²) in [4.78, 5) is 28.1. The topological polar surface area (TPSA) is 58.6 Å². The molecular formula is C26H32Cl2N2O3. The number of carbonyl (C=O) groups is 2. The molecule has 0 bridgehead atoms. The molecule has 0 radical (unpaired) electrons. The van der Waals surface area contributed by atoms with Crippen molar-refractivity contribution in [3.63, 3.8) is 0 Å². The summed E-state index contributed by atoms with van der Waals surface area (Å²) in [5, 5.41) is 4.46. The summed E-state index contributed by atoms with van der Waals surface area (Å²) < 4.78 is 5.83. The van der Waals surface area contributed by atoms with Gasteiger partial charge in [-0.25, -0.2) is 0 Å². The molecule has 0 saturated heterocycles. The number of amides is 2. The summed E-state index contributed by atoms with van der Waals surface area (Å²) in [5.74, 6) is 0.228. The van der Waals surface area contributed by atoms with Crippen LogP contribution in [-0.2, 0) is 16.1 Å². The Morgan fingerprint density at radius 3 is 2.27 bits per heavy atom. The zero-order valence-electron chi connectivity index (χ0n) is 19.5. The molecular weight excluding hydrogens is 459 g/mol. The van der Waals surface area contributed by atoms with E-state index < -0.39 is 6.04 Å². The molecule has 1 aliphatic carbocycles. The highest BCUT2D eigenvalue weighted by molar-refractivity contribution is 6.32. The van der Waals surface area contributed by atoms with Crippen molar-refractivity contribution in [3.05, 3.63) is 63.1 Å². The average molecular weight is 491 g/mol. The maximum Gasteiger partial charge on any atom is 0.261 e. The Kier molecular flexibility index (Phi) is 9.04. The number of ether oxygens (including phenoxy) is 1. The summed E-state index contributed by atoms with van der Waals surface area (Å²) in [6, 6.07) is 10.6. The van der Waals surface area contributed by atoms with Gasteiger partial charge < -0.3 is 15.0 Å². The lowest BCUT2D eigenvalue weighted by molar-refractivity contribution is -0.143. The minimum Gasteiger partial charge on any atom is -0.484 e. The molecule has 1 aliphatic rings. The number of nitrogens with one attached hydrogen (secondary N) is 1. The lowest BCUT2D eigenvalue weighted by Crippen LogP contribution is -2.52. The van der Waals surface area contributed by atoms with Gasteiger partial charge in [-0.15, -0.1) is 0 Å². The third-order valence-corrected chi connectivity index (χ3v) is 6.97. The molecule has 0 aliphatic heterocycles. The van der Waals surface area contributed by atoms with E-state index in [9.17, 15) is 9.59 Å². The van der Waals surface area contributed by atoms with Crippen LogP contribution in [0.3, 0.4) is 0 Å². The van der Waals surface area contributed by atoms with Gasteiger partial charge in [0.25, 0.3) is 5.91 Å². The predicted molar refractivity (Wildman–Crippen MR) is 133 cm³/mol. The molecule has 33 heavy (non-hydrogen) atoms. The molecule has 2 aromatic carbocycles. The molecule has 2 amide bonds. The van der Waals surface area contributed by atoms with Crippen LogP contribution >= 0.6 is 23.2 Å². The van der Waals surface area contributed by atoms with Crippen LogP contribution in [0.4, 0.5) is 0 Å². The third kappa shape index (κ3) is 6.87. The molecule has 1 saturated carbocycles. The quantitative estimate of drug-likeness (QED) is 0.479. The van der Waals surface area contributed by atoms with Gasteiger partial charge in [-0.1, -0.05) is 55.1 Å². The zero-order valence-corrected chi connectivity index (χ0v) is 21.0. The largest absolute Gasteiger partial charge is 0.484 e. The first kappa shape index (κ1) is 25.4. The van der Waals surface area contributed by atoms with Gasteiger partial charge in [-0.05, 0) is 74.1 Å². The van der Waals surface area contributed by atoms with E-state index in [-0.39, 0.29) is 24.5 Å². The fourth-order valence-corrected chi connectivity index (χ4v) is 4.53. The van der Waals surface area contributed by atoms with Crippen molar-refractivity contribution in [2.45, 2.75) is 71.5 Å². The van der Waals surface area contributed by atoms with Gasteiger partial charge in [0.15, 0.2) is 6.61 Å². The van der Waals surface area contributed by atoms with Gasteiger partial charge in [-0.3, -0.25) is 9.59 Å². The van der Waals surface area contributed by atoms with Crippen LogP contribution in [0.2, 0.25) is 10.0 Å². The minimum atomic E-state index is -0.578. The number of halogens is 2. The number of nitrogens with zero attached hydrogens (tertiary/aromatic N) is 1. The van der Waals surface area contributed by atoms with Gasteiger partial charge in [0.1, 0.15) is 11.8 Å². The summed E-state index contributed by atoms with van der Waals surface area (Å²) >= 11 is 12.3. The predicted octanol–water partition coefficient (Wildman–Crippen LogP) is 5.86. The summed E-state index contributed by atoms with van der Waals surface area (Å²) in [6.45, 7) is 5.86. The Bertz CT molecular complexity index is 949. The molecule has 1 fully saturated rings. The zero-order chi connectivity index (χ0) is 24.0. The van der Waals surface area contributed by atoms with E-state index in [2.05, 4.69) is 5.32 Å². The van der Waals surface area contributed by atoms with Crippen molar-refractivity contribution in [2.24, 2.45) is 0 Å². The molecule has 1 atom stereocenters. The lowest BCUT2D eigenvalue weighted by Gasteiger charge is -2.31. The molecule has 0 heterocycles. The molecule has 0 aromatic heterocycles. The van der Waals surface area contributed by atoms with Crippen LogP contribution < -0.4 is 10.1 Å². The summed E-state index contributed by atoms with van der Waals surface area (Å²) in [6.07, 6.45) is 4.75. The molecule has 3 rings (SSSR count). The number of aryl methyl sites for hydroxylation is 2. The Balaban J connectivity index is 1.77. The van der Waals surface area contributed by atoms with Crippen LogP contribution in [0.5, 0.6) is 5.75 Å². The minimum absolute atomic E-state index is 0.107. The van der Waals surface area contributed by atoms with Crippen LogP contribution in [0.25, 0.3) is 0 Å². The molecule has 1 N–H and O–H groups in total. The van der Waals surface area contributed by atoms with Gasteiger partial charge in [0, 0.05) is 22.6 Å². The number of benzene rings is 2. The van der Waals surface area contributed by atoms with Crippen molar-refractivity contribution in [3.8, 4) is 5.75 Å². The van der Waals surface area contributed by atoms with Crippen LogP contribution in [0.1, 0.15) is 55.7 Å². The maximum absolute atomic E-state index is 13.3. The molecule has 1 unspecified atom stereocenters. The van der Waals surface area contributed by atoms with Crippen LogP contribution in [-0.4, -0.2) is 35.4 Å². The first-order valence-corrected chi connectivity index (χ1v) is 12.3. The monoisotopic (exact) mass is 490 g/mol. The fraction of sp³-hybridized carbons (Fsp3) is 0.462. The van der Waals surface area contributed by atoms with Gasteiger partial charge >= 0.3 is 0 Å². The standard InChI is InChI=1S/C26H32Cl2N2O3/c1-4-23(26(32)29-21-7-5-6-8-21)30(15-19-9-11-20(27)12-10-19)24(31)16-33-22-13-17(2)25(28)18(3)14-22/h9-14,21,23H,4-8,15-16H2,1-3H3,(H,29,32). The van der Waals surface area contributed by atoms with Gasteiger partial charge in [0.05, 0.1) is 0 Å². The van der Waals surface area contributed by atoms with E-state index in [0.29, 0.717) is 28.8 Å². The van der Waals surface area contributed by atoms with Crippen molar-refractivity contribution in [1.82, 2.24) is 10.2 Å². The van der Waals surface area contributed by atoms with E-state index in [1.165, 1.54) is 0 Å². The molecule has 0 spiro atoms. The Morgan fingerprint density at radius 1 is 1.09 bits per heavy atom. The van der Waals surface area contributed by atoms with Crippen molar-refractivity contribution in [1.29, 1.82) is 0 Å². The van der Waals surface area contributed by atoms with E-state index >= 15 is 0 Å². The van der Waals surface area contributed by atoms with E-state index in [1.807, 2.05) is 45.0 Å². The number of rotatable bonds is 9. The Labute approximate surface area is 206 Å². The molecule has 2 aromatic rings. The Hall–Kier alpha value is -2.24. The third-order valence-electron chi connectivity index (χ3n) is 6.13. The second-order valence-corrected chi connectivity index (χ2v) is 9.54.